The number of carbonyl (C=O) groups is 1. The molecule has 30 heavy (non-hydrogen) atoms. The number of rotatable bonds is 7. The third kappa shape index (κ3) is 4.73. The third-order valence-electron chi connectivity index (χ3n) is 6.34. The van der Waals surface area contributed by atoms with E-state index in [0.29, 0.717) is 11.8 Å². The number of anilines is 1. The molecule has 2 aliphatic rings. The van der Waals surface area contributed by atoms with Crippen molar-refractivity contribution in [3.8, 4) is 5.75 Å². The molecule has 2 aromatic rings. The monoisotopic (exact) mass is 427 g/mol. The lowest BCUT2D eigenvalue weighted by Crippen LogP contribution is -2.33. The average Bonchev–Trinajstić information content (AvgIpc) is 3.32. The van der Waals surface area contributed by atoms with Crippen LogP contribution < -0.4 is 10.1 Å². The molecule has 1 N–H and O–H groups in total. The number of ether oxygens (including phenoxy) is 1. The van der Waals surface area contributed by atoms with Crippen molar-refractivity contribution in [2.75, 3.05) is 51.7 Å². The summed E-state index contributed by atoms with van der Waals surface area (Å²) >= 11 is 6.19. The first kappa shape index (κ1) is 21.0. The van der Waals surface area contributed by atoms with Crippen LogP contribution in [0.2, 0.25) is 5.02 Å². The number of amides is 1. The molecular formula is C24H30ClN3O2. The van der Waals surface area contributed by atoms with E-state index in [9.17, 15) is 4.79 Å². The number of benzene rings is 2. The zero-order valence-corrected chi connectivity index (χ0v) is 18.5. The van der Waals surface area contributed by atoms with Crippen LogP contribution >= 0.6 is 11.6 Å². The summed E-state index contributed by atoms with van der Waals surface area (Å²) in [4.78, 5) is 17.4. The van der Waals surface area contributed by atoms with Crippen molar-refractivity contribution < 1.29 is 9.53 Å². The van der Waals surface area contributed by atoms with Crippen molar-refractivity contribution in [2.24, 2.45) is 11.8 Å². The van der Waals surface area contributed by atoms with E-state index in [2.05, 4.69) is 16.3 Å². The van der Waals surface area contributed by atoms with E-state index >= 15 is 0 Å². The van der Waals surface area contributed by atoms with E-state index in [1.807, 2.05) is 48.2 Å². The lowest BCUT2D eigenvalue weighted by molar-refractivity contribution is 0.0774. The second kappa shape index (κ2) is 9.27. The Morgan fingerprint density at radius 2 is 1.80 bits per heavy atom. The maximum absolute atomic E-state index is 12.8. The van der Waals surface area contributed by atoms with Gasteiger partial charge < -0.3 is 19.9 Å². The van der Waals surface area contributed by atoms with Crippen LogP contribution in [0.1, 0.15) is 22.3 Å². The molecule has 6 heteroatoms. The van der Waals surface area contributed by atoms with Gasteiger partial charge in [0.15, 0.2) is 0 Å². The zero-order valence-electron chi connectivity index (χ0n) is 17.7. The molecule has 0 aliphatic carbocycles. The third-order valence-corrected chi connectivity index (χ3v) is 6.75. The van der Waals surface area contributed by atoms with E-state index in [-0.39, 0.29) is 5.91 Å². The van der Waals surface area contributed by atoms with Crippen LogP contribution in [0.5, 0.6) is 5.75 Å². The van der Waals surface area contributed by atoms with Crippen LogP contribution in [0.3, 0.4) is 0 Å². The van der Waals surface area contributed by atoms with E-state index < -0.39 is 0 Å². The molecule has 2 heterocycles. The van der Waals surface area contributed by atoms with Gasteiger partial charge in [-0.3, -0.25) is 4.79 Å². The highest BCUT2D eigenvalue weighted by atomic mass is 35.5. The van der Waals surface area contributed by atoms with Gasteiger partial charge in [0.2, 0.25) is 0 Å². The Kier molecular flexibility index (Phi) is 6.49. The number of hydrogen-bond acceptors (Lipinski definition) is 4. The van der Waals surface area contributed by atoms with E-state index in [4.69, 9.17) is 16.3 Å². The first-order chi connectivity index (χ1) is 14.5. The van der Waals surface area contributed by atoms with E-state index in [0.717, 1.165) is 73.3 Å². The summed E-state index contributed by atoms with van der Waals surface area (Å²) in [5, 5.41) is 4.27. The number of carbonyl (C=O) groups excluding carboxylic acids is 1. The molecule has 0 aromatic heterocycles. The van der Waals surface area contributed by atoms with Gasteiger partial charge in [-0.15, -0.1) is 0 Å². The SMILES string of the molecule is COc1ccc(C(=O)N2CC3CN(CCCNc4ccc(C)c(Cl)c4)CC3C2)cc1. The number of methoxy groups -OCH3 is 1. The van der Waals surface area contributed by atoms with Gasteiger partial charge in [0.1, 0.15) is 5.75 Å². The van der Waals surface area contributed by atoms with Crippen molar-refractivity contribution in [3.05, 3.63) is 58.6 Å². The summed E-state index contributed by atoms with van der Waals surface area (Å²) in [6.07, 6.45) is 1.10. The summed E-state index contributed by atoms with van der Waals surface area (Å²) in [5.41, 5.74) is 2.93. The standard InChI is InChI=1S/C24H30ClN3O2/c1-17-4-7-21(12-23(17)25)26-10-3-11-27-13-19-15-28(16-20(19)14-27)24(29)18-5-8-22(30-2)9-6-18/h4-9,12,19-20,26H,3,10-11,13-16H2,1-2H3. The number of nitrogens with one attached hydrogen (secondary N) is 1. The maximum Gasteiger partial charge on any atom is 0.253 e. The lowest BCUT2D eigenvalue weighted by Gasteiger charge is -2.22. The summed E-state index contributed by atoms with van der Waals surface area (Å²) in [7, 11) is 1.64. The normalized spacial score (nSPS) is 21.0. The lowest BCUT2D eigenvalue weighted by atomic mass is 10.0. The first-order valence-corrected chi connectivity index (χ1v) is 11.1. The number of likely N-dealkylation sites (tertiary alicyclic amines) is 2. The predicted octanol–water partition coefficient (Wildman–Crippen LogP) is 4.16. The van der Waals surface area contributed by atoms with Crippen molar-refractivity contribution >= 4 is 23.2 Å². The molecule has 5 nitrogen and oxygen atoms in total. The topological polar surface area (TPSA) is 44.8 Å². The van der Waals surface area contributed by atoms with Crippen molar-refractivity contribution in [1.82, 2.24) is 9.80 Å². The highest BCUT2D eigenvalue weighted by Crippen LogP contribution is 2.32. The Morgan fingerprint density at radius 1 is 1.10 bits per heavy atom. The zero-order chi connectivity index (χ0) is 21.1. The molecule has 0 saturated carbocycles. The van der Waals surface area contributed by atoms with E-state index in [1.54, 1.807) is 7.11 Å². The van der Waals surface area contributed by atoms with E-state index in [1.165, 1.54) is 0 Å². The van der Waals surface area contributed by atoms with Gasteiger partial charge >= 0.3 is 0 Å². The largest absolute Gasteiger partial charge is 0.497 e. The van der Waals surface area contributed by atoms with Crippen molar-refractivity contribution in [3.63, 3.8) is 0 Å². The Balaban J connectivity index is 1.19. The minimum absolute atomic E-state index is 0.138. The average molecular weight is 428 g/mol. The summed E-state index contributed by atoms with van der Waals surface area (Å²) in [6.45, 7) is 7.96. The predicted molar refractivity (Wildman–Crippen MR) is 122 cm³/mol. The molecular weight excluding hydrogens is 398 g/mol. The highest BCUT2D eigenvalue weighted by molar-refractivity contribution is 6.31. The molecule has 2 atom stereocenters. The Morgan fingerprint density at radius 3 is 2.43 bits per heavy atom. The van der Waals surface area contributed by atoms with Crippen LogP contribution in [-0.4, -0.2) is 62.1 Å². The minimum atomic E-state index is 0.138. The summed E-state index contributed by atoms with van der Waals surface area (Å²) in [5.74, 6) is 2.10. The molecule has 160 valence electrons. The molecule has 0 spiro atoms. The number of halogens is 1. The molecule has 2 saturated heterocycles. The second-order valence-electron chi connectivity index (χ2n) is 8.46. The Labute approximate surface area is 184 Å². The highest BCUT2D eigenvalue weighted by Gasteiger charge is 2.41. The van der Waals surface area contributed by atoms with Crippen LogP contribution in [0, 0.1) is 18.8 Å². The van der Waals surface area contributed by atoms with Gasteiger partial charge in [0.05, 0.1) is 7.11 Å². The Hall–Kier alpha value is -2.24. The van der Waals surface area contributed by atoms with Gasteiger partial charge in [0, 0.05) is 49.0 Å². The molecule has 2 aliphatic heterocycles. The van der Waals surface area contributed by atoms with Gasteiger partial charge in [0.25, 0.3) is 5.91 Å². The minimum Gasteiger partial charge on any atom is -0.497 e. The smallest absolute Gasteiger partial charge is 0.253 e. The number of hydrogen-bond donors (Lipinski definition) is 1. The molecule has 2 unspecified atom stereocenters. The van der Waals surface area contributed by atoms with Gasteiger partial charge in [-0.25, -0.2) is 0 Å². The fourth-order valence-corrected chi connectivity index (χ4v) is 4.77. The molecule has 2 aromatic carbocycles. The fraction of sp³-hybridized carbons (Fsp3) is 0.458. The van der Waals surface area contributed by atoms with Crippen molar-refractivity contribution in [2.45, 2.75) is 13.3 Å². The fourth-order valence-electron chi connectivity index (χ4n) is 4.59. The summed E-state index contributed by atoms with van der Waals surface area (Å²) in [6, 6.07) is 13.5. The number of fused-ring (bicyclic) bond motifs is 1. The summed E-state index contributed by atoms with van der Waals surface area (Å²) < 4.78 is 5.18. The first-order valence-electron chi connectivity index (χ1n) is 10.7. The molecule has 0 radical (unpaired) electrons. The molecule has 0 bridgehead atoms. The molecule has 1 amide bonds. The van der Waals surface area contributed by atoms with Gasteiger partial charge in [-0.1, -0.05) is 17.7 Å². The van der Waals surface area contributed by atoms with Crippen LogP contribution in [0.4, 0.5) is 5.69 Å². The van der Waals surface area contributed by atoms with Crippen LogP contribution in [-0.2, 0) is 0 Å². The molecule has 2 fully saturated rings. The van der Waals surface area contributed by atoms with Gasteiger partial charge in [-0.2, -0.15) is 0 Å². The molecule has 4 rings (SSSR count). The van der Waals surface area contributed by atoms with Crippen molar-refractivity contribution in [1.29, 1.82) is 0 Å². The van der Waals surface area contributed by atoms with Gasteiger partial charge in [-0.05, 0) is 73.7 Å². The maximum atomic E-state index is 12.8. The quantitative estimate of drug-likeness (QED) is 0.674. The van der Waals surface area contributed by atoms with Crippen LogP contribution in [0.25, 0.3) is 0 Å². The number of aryl methyl sites for hydroxylation is 1. The second-order valence-corrected chi connectivity index (χ2v) is 8.87. The Bertz CT molecular complexity index is 873. The van der Waals surface area contributed by atoms with Crippen LogP contribution in [0.15, 0.2) is 42.5 Å². The number of nitrogens with zero attached hydrogens (tertiary/aromatic N) is 2.